The number of halogens is 1. The minimum Gasteiger partial charge on any atom is -0.297 e. The molecule has 0 atom stereocenters. The number of nitrogens with zero attached hydrogens (tertiary/aromatic N) is 3. The normalized spacial score (nSPS) is 16.8. The Morgan fingerprint density at radius 1 is 1.22 bits per heavy atom. The predicted molar refractivity (Wildman–Crippen MR) is 72.4 cm³/mol. The lowest BCUT2D eigenvalue weighted by Gasteiger charge is -2.15. The van der Waals surface area contributed by atoms with Gasteiger partial charge >= 0.3 is 0 Å². The third kappa shape index (κ3) is 2.03. The van der Waals surface area contributed by atoms with Crippen LogP contribution < -0.4 is 0 Å². The molecule has 0 radical (unpaired) electrons. The van der Waals surface area contributed by atoms with E-state index in [0.717, 1.165) is 17.9 Å². The zero-order valence-corrected chi connectivity index (χ0v) is 11.2. The Hall–Kier alpha value is -1.35. The van der Waals surface area contributed by atoms with Crippen molar-refractivity contribution in [2.45, 2.75) is 32.7 Å². The molecule has 1 saturated carbocycles. The van der Waals surface area contributed by atoms with E-state index in [1.807, 2.05) is 34.9 Å². The van der Waals surface area contributed by atoms with E-state index in [2.05, 4.69) is 17.1 Å². The lowest BCUT2D eigenvalue weighted by molar-refractivity contribution is 0.411. The van der Waals surface area contributed by atoms with Gasteiger partial charge in [-0.2, -0.15) is 0 Å². The van der Waals surface area contributed by atoms with Crippen LogP contribution in [0.2, 0.25) is 5.28 Å². The van der Waals surface area contributed by atoms with Crippen LogP contribution in [0, 0.1) is 5.41 Å². The summed E-state index contributed by atoms with van der Waals surface area (Å²) in [7, 11) is 0. The maximum atomic E-state index is 6.18. The van der Waals surface area contributed by atoms with E-state index in [4.69, 9.17) is 11.6 Å². The van der Waals surface area contributed by atoms with Crippen molar-refractivity contribution in [3.63, 3.8) is 0 Å². The zero-order chi connectivity index (χ0) is 12.6. The Bertz CT molecular complexity index is 543. The SMILES string of the molecule is CCC1(Cn2c(Cl)nnc2-c2ccccc2)CC1. The summed E-state index contributed by atoms with van der Waals surface area (Å²) < 4.78 is 2.05. The average molecular weight is 262 g/mol. The van der Waals surface area contributed by atoms with Gasteiger partial charge in [-0.05, 0) is 36.3 Å². The predicted octanol–water partition coefficient (Wildman–Crippen LogP) is 3.79. The van der Waals surface area contributed by atoms with Gasteiger partial charge in [0.2, 0.25) is 5.28 Å². The van der Waals surface area contributed by atoms with E-state index >= 15 is 0 Å². The number of hydrogen-bond acceptors (Lipinski definition) is 2. The molecule has 0 N–H and O–H groups in total. The van der Waals surface area contributed by atoms with Crippen molar-refractivity contribution in [1.29, 1.82) is 0 Å². The van der Waals surface area contributed by atoms with Gasteiger partial charge in [0.05, 0.1) is 0 Å². The molecule has 0 amide bonds. The first-order valence-corrected chi connectivity index (χ1v) is 6.76. The smallest absolute Gasteiger partial charge is 0.225 e. The highest BCUT2D eigenvalue weighted by molar-refractivity contribution is 6.28. The van der Waals surface area contributed by atoms with Crippen molar-refractivity contribution in [3.05, 3.63) is 35.6 Å². The quantitative estimate of drug-likeness (QED) is 0.838. The van der Waals surface area contributed by atoms with Crippen molar-refractivity contribution < 1.29 is 0 Å². The molecule has 0 saturated heterocycles. The van der Waals surface area contributed by atoms with Gasteiger partial charge < -0.3 is 0 Å². The van der Waals surface area contributed by atoms with Crippen molar-refractivity contribution >= 4 is 11.6 Å². The first-order chi connectivity index (χ1) is 8.74. The van der Waals surface area contributed by atoms with Crippen LogP contribution in [-0.4, -0.2) is 14.8 Å². The van der Waals surface area contributed by atoms with Crippen LogP contribution >= 0.6 is 11.6 Å². The van der Waals surface area contributed by atoms with Gasteiger partial charge in [0, 0.05) is 12.1 Å². The van der Waals surface area contributed by atoms with Crippen LogP contribution in [-0.2, 0) is 6.54 Å². The molecular weight excluding hydrogens is 246 g/mol. The van der Waals surface area contributed by atoms with Gasteiger partial charge in [0.15, 0.2) is 5.82 Å². The maximum Gasteiger partial charge on any atom is 0.225 e. The largest absolute Gasteiger partial charge is 0.297 e. The second kappa shape index (κ2) is 4.39. The first kappa shape index (κ1) is 11.7. The molecular formula is C14H16ClN3. The molecule has 1 aromatic carbocycles. The maximum absolute atomic E-state index is 6.18. The Kier molecular flexibility index (Phi) is 2.86. The fraction of sp³-hybridized carbons (Fsp3) is 0.429. The topological polar surface area (TPSA) is 30.7 Å². The second-order valence-electron chi connectivity index (χ2n) is 5.10. The van der Waals surface area contributed by atoms with Crippen molar-refractivity contribution in [2.75, 3.05) is 0 Å². The van der Waals surface area contributed by atoms with Crippen LogP contribution in [0.4, 0.5) is 0 Å². The summed E-state index contributed by atoms with van der Waals surface area (Å²) in [6.45, 7) is 3.17. The second-order valence-corrected chi connectivity index (χ2v) is 5.44. The highest BCUT2D eigenvalue weighted by atomic mass is 35.5. The molecule has 3 nitrogen and oxygen atoms in total. The molecule has 1 fully saturated rings. The van der Waals surface area contributed by atoms with Gasteiger partial charge in [-0.15, -0.1) is 10.2 Å². The van der Waals surface area contributed by atoms with Gasteiger partial charge in [-0.25, -0.2) is 0 Å². The van der Waals surface area contributed by atoms with Gasteiger partial charge in [0.1, 0.15) is 0 Å². The minimum absolute atomic E-state index is 0.426. The molecule has 94 valence electrons. The van der Waals surface area contributed by atoms with E-state index in [-0.39, 0.29) is 0 Å². The lowest BCUT2D eigenvalue weighted by atomic mass is 10.0. The number of aromatic nitrogens is 3. The summed E-state index contributed by atoms with van der Waals surface area (Å²) in [6.07, 6.45) is 3.76. The Balaban J connectivity index is 1.97. The van der Waals surface area contributed by atoms with E-state index in [9.17, 15) is 0 Å². The molecule has 4 heteroatoms. The molecule has 0 aliphatic heterocycles. The summed E-state index contributed by atoms with van der Waals surface area (Å²) in [6, 6.07) is 10.1. The fourth-order valence-electron chi connectivity index (χ4n) is 2.36. The van der Waals surface area contributed by atoms with E-state index in [1.54, 1.807) is 0 Å². The third-order valence-electron chi connectivity index (χ3n) is 3.94. The summed E-state index contributed by atoms with van der Waals surface area (Å²) in [5, 5.41) is 8.72. The Morgan fingerprint density at radius 2 is 1.94 bits per heavy atom. The molecule has 18 heavy (non-hydrogen) atoms. The summed E-state index contributed by atoms with van der Waals surface area (Å²) in [5.74, 6) is 0.875. The minimum atomic E-state index is 0.426. The Morgan fingerprint density at radius 3 is 2.56 bits per heavy atom. The molecule has 1 aliphatic rings. The van der Waals surface area contributed by atoms with E-state index in [1.165, 1.54) is 19.3 Å². The summed E-state index contributed by atoms with van der Waals surface area (Å²) in [5.41, 5.74) is 1.50. The van der Waals surface area contributed by atoms with Gasteiger partial charge in [-0.1, -0.05) is 37.3 Å². The first-order valence-electron chi connectivity index (χ1n) is 6.38. The molecule has 1 heterocycles. The number of rotatable bonds is 4. The van der Waals surface area contributed by atoms with Crippen LogP contribution in [0.1, 0.15) is 26.2 Å². The standard InChI is InChI=1S/C14H16ClN3/c1-2-14(8-9-14)10-18-12(16-17-13(18)15)11-6-4-3-5-7-11/h3-7H,2,8-10H2,1H3. The number of benzene rings is 1. The van der Waals surface area contributed by atoms with Crippen molar-refractivity contribution in [3.8, 4) is 11.4 Å². The third-order valence-corrected chi connectivity index (χ3v) is 4.22. The highest BCUT2D eigenvalue weighted by Gasteiger charge is 2.41. The van der Waals surface area contributed by atoms with Crippen LogP contribution in [0.25, 0.3) is 11.4 Å². The van der Waals surface area contributed by atoms with Gasteiger partial charge in [-0.3, -0.25) is 4.57 Å². The van der Waals surface area contributed by atoms with Gasteiger partial charge in [0.25, 0.3) is 0 Å². The molecule has 3 rings (SSSR count). The molecule has 0 bridgehead atoms. The van der Waals surface area contributed by atoms with E-state index < -0.39 is 0 Å². The van der Waals surface area contributed by atoms with Crippen molar-refractivity contribution in [2.24, 2.45) is 5.41 Å². The lowest BCUT2D eigenvalue weighted by Crippen LogP contribution is -2.12. The monoisotopic (exact) mass is 261 g/mol. The van der Waals surface area contributed by atoms with E-state index in [0.29, 0.717) is 10.7 Å². The van der Waals surface area contributed by atoms with Crippen LogP contribution in [0.3, 0.4) is 0 Å². The van der Waals surface area contributed by atoms with Crippen LogP contribution in [0.5, 0.6) is 0 Å². The highest BCUT2D eigenvalue weighted by Crippen LogP contribution is 2.50. The van der Waals surface area contributed by atoms with Crippen LogP contribution in [0.15, 0.2) is 30.3 Å². The molecule has 1 aromatic heterocycles. The molecule has 1 aliphatic carbocycles. The van der Waals surface area contributed by atoms with Crippen molar-refractivity contribution in [1.82, 2.24) is 14.8 Å². The average Bonchev–Trinajstić information content (AvgIpc) is 3.10. The number of hydrogen-bond donors (Lipinski definition) is 0. The Labute approximate surface area is 112 Å². The molecule has 2 aromatic rings. The zero-order valence-electron chi connectivity index (χ0n) is 10.4. The fourth-order valence-corrected chi connectivity index (χ4v) is 2.54. The summed E-state index contributed by atoms with van der Waals surface area (Å²) >= 11 is 6.18. The molecule has 0 spiro atoms. The summed E-state index contributed by atoms with van der Waals surface area (Å²) in [4.78, 5) is 0. The molecule has 0 unspecified atom stereocenters.